The quantitative estimate of drug-likeness (QED) is 0.0222. The first-order chi connectivity index (χ1) is 52.0. The van der Waals surface area contributed by atoms with E-state index in [1.54, 1.807) is 0 Å². The van der Waals surface area contributed by atoms with Gasteiger partial charge in [-0.2, -0.15) is 0 Å². The van der Waals surface area contributed by atoms with Crippen molar-refractivity contribution in [1.82, 2.24) is 0 Å². The van der Waals surface area contributed by atoms with Crippen molar-refractivity contribution in [1.29, 1.82) is 0 Å². The van der Waals surface area contributed by atoms with Crippen LogP contribution in [0, 0.1) is 5.92 Å². The molecule has 0 spiro atoms. The number of carbonyl (C=O) groups is 4. The Bertz CT molecular complexity index is 2030. The van der Waals surface area contributed by atoms with E-state index >= 15 is 0 Å². The molecule has 0 bridgehead atoms. The Balaban J connectivity index is 5.23. The molecule has 5 atom stereocenters. The molecular weight excluding hydrogens is 1390 g/mol. The number of carbonyl (C=O) groups excluding carboxylic acids is 4. The lowest BCUT2D eigenvalue weighted by molar-refractivity contribution is -0.161. The molecular formula is C88H172O17P2. The van der Waals surface area contributed by atoms with Gasteiger partial charge in [0.1, 0.15) is 19.3 Å². The van der Waals surface area contributed by atoms with Crippen molar-refractivity contribution in [2.45, 2.75) is 496 Å². The molecule has 0 saturated carbocycles. The van der Waals surface area contributed by atoms with E-state index in [4.69, 9.17) is 37.0 Å². The van der Waals surface area contributed by atoms with Gasteiger partial charge in [0.25, 0.3) is 0 Å². The summed E-state index contributed by atoms with van der Waals surface area (Å²) in [5.41, 5.74) is 0. The number of aliphatic hydroxyl groups is 1. The zero-order chi connectivity index (χ0) is 78.3. The molecule has 0 aromatic heterocycles. The van der Waals surface area contributed by atoms with E-state index in [1.807, 2.05) is 0 Å². The van der Waals surface area contributed by atoms with Crippen molar-refractivity contribution in [3.8, 4) is 0 Å². The Morgan fingerprint density at radius 2 is 0.430 bits per heavy atom. The van der Waals surface area contributed by atoms with Gasteiger partial charge in [-0.1, -0.05) is 426 Å². The van der Waals surface area contributed by atoms with Gasteiger partial charge in [0.15, 0.2) is 12.2 Å². The molecule has 0 radical (unpaired) electrons. The smallest absolute Gasteiger partial charge is 0.462 e. The minimum Gasteiger partial charge on any atom is -0.462 e. The molecule has 3 N–H and O–H groups in total. The van der Waals surface area contributed by atoms with Gasteiger partial charge >= 0.3 is 39.5 Å². The van der Waals surface area contributed by atoms with Crippen LogP contribution in [-0.4, -0.2) is 96.7 Å². The van der Waals surface area contributed by atoms with E-state index in [1.165, 1.54) is 302 Å². The molecule has 0 aromatic rings. The number of hydrogen-bond donors (Lipinski definition) is 3. The third-order valence-electron chi connectivity index (χ3n) is 20.8. The Kier molecular flexibility index (Phi) is 79.2. The molecule has 636 valence electrons. The van der Waals surface area contributed by atoms with E-state index in [-0.39, 0.29) is 25.7 Å². The molecule has 0 rings (SSSR count). The SMILES string of the molecule is CCCCCCCCCCCCCCCCCCCCCCC(=O)OC[C@H](COP(=O)(O)OC[C@@H](O)COP(=O)(O)OC[C@@H](COC(=O)CCCCCCCCCCCCCCC)OC(=O)CCCCCCCCCCCCCCC)OC(=O)CCCCCCCCCCCCCCCCCCCCC(C)C. The topological polar surface area (TPSA) is 237 Å². The summed E-state index contributed by atoms with van der Waals surface area (Å²) in [5.74, 6) is -1.27. The molecule has 0 aliphatic heterocycles. The average molecular weight is 1560 g/mol. The fraction of sp³-hybridized carbons (Fsp3) is 0.955. The Hall–Kier alpha value is -1.94. The second kappa shape index (κ2) is 80.7. The highest BCUT2D eigenvalue weighted by atomic mass is 31.2. The van der Waals surface area contributed by atoms with Crippen LogP contribution in [0.4, 0.5) is 0 Å². The number of phosphoric ester groups is 2. The maximum Gasteiger partial charge on any atom is 0.472 e. The van der Waals surface area contributed by atoms with Crippen LogP contribution in [0.3, 0.4) is 0 Å². The highest BCUT2D eigenvalue weighted by Crippen LogP contribution is 2.45. The predicted octanol–water partition coefficient (Wildman–Crippen LogP) is 27.2. The maximum absolute atomic E-state index is 13.2. The van der Waals surface area contributed by atoms with Crippen LogP contribution in [0.25, 0.3) is 0 Å². The standard InChI is InChI=1S/C88H172O17P2/c1-6-9-12-15-18-21-24-27-28-29-30-31-35-38-43-47-52-57-62-67-72-86(91)99-78-84(105-88(93)74-69-64-59-54-49-44-39-36-33-32-34-37-42-45-50-55-60-65-70-81(4)5)80-103-107(96,97)101-76-82(89)75-100-106(94,95)102-79-83(104-87(92)73-68-63-58-53-48-41-26-23-20-17-14-11-8-3)77-98-85(90)71-66-61-56-51-46-40-25-22-19-16-13-10-7-2/h81-84,89H,6-80H2,1-5H3,(H,94,95)(H,96,97)/t82-,83+,84+/m0/s1. The monoisotopic (exact) mass is 1560 g/mol. The van der Waals surface area contributed by atoms with Crippen LogP contribution in [0.5, 0.6) is 0 Å². The maximum atomic E-state index is 13.2. The first-order valence-corrected chi connectivity index (χ1v) is 48.6. The first kappa shape index (κ1) is 105. The lowest BCUT2D eigenvalue weighted by Gasteiger charge is -2.21. The molecule has 0 fully saturated rings. The van der Waals surface area contributed by atoms with Crippen molar-refractivity contribution in [2.75, 3.05) is 39.6 Å². The Morgan fingerprint density at radius 3 is 0.636 bits per heavy atom. The van der Waals surface area contributed by atoms with Gasteiger partial charge in [0, 0.05) is 25.7 Å². The highest BCUT2D eigenvalue weighted by molar-refractivity contribution is 7.47. The summed E-state index contributed by atoms with van der Waals surface area (Å²) in [5, 5.41) is 10.7. The average Bonchev–Trinajstić information content (AvgIpc) is 0.903. The number of esters is 4. The lowest BCUT2D eigenvalue weighted by Crippen LogP contribution is -2.30. The van der Waals surface area contributed by atoms with E-state index < -0.39 is 97.5 Å². The van der Waals surface area contributed by atoms with Gasteiger partial charge in [0.2, 0.25) is 0 Å². The molecule has 17 nitrogen and oxygen atoms in total. The van der Waals surface area contributed by atoms with Gasteiger partial charge in [0.05, 0.1) is 26.4 Å². The normalized spacial score (nSPS) is 13.7. The molecule has 2 unspecified atom stereocenters. The zero-order valence-corrected chi connectivity index (χ0v) is 72.1. The van der Waals surface area contributed by atoms with Crippen LogP contribution >= 0.6 is 15.6 Å². The fourth-order valence-corrected chi connectivity index (χ4v) is 15.4. The van der Waals surface area contributed by atoms with Crippen molar-refractivity contribution in [2.24, 2.45) is 5.92 Å². The fourth-order valence-electron chi connectivity index (χ4n) is 13.8. The van der Waals surface area contributed by atoms with E-state index in [9.17, 15) is 43.2 Å². The summed E-state index contributed by atoms with van der Waals surface area (Å²) < 4.78 is 69.0. The summed E-state index contributed by atoms with van der Waals surface area (Å²) in [6.45, 7) is 7.42. The molecule has 0 aromatic carbocycles. The molecule has 0 heterocycles. The predicted molar refractivity (Wildman–Crippen MR) is 442 cm³/mol. The molecule has 19 heteroatoms. The lowest BCUT2D eigenvalue weighted by atomic mass is 10.0. The molecule has 0 amide bonds. The number of rotatable bonds is 88. The molecule has 0 aliphatic rings. The van der Waals surface area contributed by atoms with Crippen molar-refractivity contribution in [3.05, 3.63) is 0 Å². The summed E-state index contributed by atoms with van der Waals surface area (Å²) in [7, 11) is -9.93. The molecule has 107 heavy (non-hydrogen) atoms. The van der Waals surface area contributed by atoms with Crippen molar-refractivity contribution < 1.29 is 80.2 Å². The summed E-state index contributed by atoms with van der Waals surface area (Å²) in [4.78, 5) is 73.3. The zero-order valence-electron chi connectivity index (χ0n) is 70.3. The highest BCUT2D eigenvalue weighted by Gasteiger charge is 2.30. The van der Waals surface area contributed by atoms with Crippen molar-refractivity contribution in [3.63, 3.8) is 0 Å². The molecule has 0 aliphatic carbocycles. The minimum absolute atomic E-state index is 0.109. The third kappa shape index (κ3) is 81.9. The van der Waals surface area contributed by atoms with Gasteiger partial charge < -0.3 is 33.8 Å². The van der Waals surface area contributed by atoms with Gasteiger partial charge in [-0.15, -0.1) is 0 Å². The number of aliphatic hydroxyl groups excluding tert-OH is 1. The van der Waals surface area contributed by atoms with Crippen LogP contribution in [0.2, 0.25) is 0 Å². The van der Waals surface area contributed by atoms with Crippen LogP contribution in [0.1, 0.15) is 478 Å². The first-order valence-electron chi connectivity index (χ1n) is 45.6. The summed E-state index contributed by atoms with van der Waals surface area (Å²) in [6, 6.07) is 0. The number of ether oxygens (including phenoxy) is 4. The third-order valence-corrected chi connectivity index (χ3v) is 22.7. The second-order valence-corrected chi connectivity index (χ2v) is 35.0. The number of hydrogen-bond acceptors (Lipinski definition) is 15. The number of phosphoric acid groups is 2. The van der Waals surface area contributed by atoms with Crippen LogP contribution in [0.15, 0.2) is 0 Å². The van der Waals surface area contributed by atoms with Crippen molar-refractivity contribution >= 4 is 39.5 Å². The van der Waals surface area contributed by atoms with E-state index in [0.29, 0.717) is 25.7 Å². The van der Waals surface area contributed by atoms with E-state index in [0.717, 1.165) is 95.8 Å². The van der Waals surface area contributed by atoms with Gasteiger partial charge in [-0.05, 0) is 31.6 Å². The largest absolute Gasteiger partial charge is 0.472 e. The summed E-state index contributed by atoms with van der Waals surface area (Å²) >= 11 is 0. The molecule has 0 saturated heterocycles. The van der Waals surface area contributed by atoms with Gasteiger partial charge in [-0.3, -0.25) is 37.3 Å². The number of unbranched alkanes of at least 4 members (excludes halogenated alkanes) is 60. The van der Waals surface area contributed by atoms with Crippen LogP contribution < -0.4 is 0 Å². The summed E-state index contributed by atoms with van der Waals surface area (Å²) in [6.07, 6.45) is 75.0. The van der Waals surface area contributed by atoms with Gasteiger partial charge in [-0.25, -0.2) is 9.13 Å². The Morgan fingerprint density at radius 1 is 0.252 bits per heavy atom. The minimum atomic E-state index is -4.97. The Labute approximate surface area is 658 Å². The van der Waals surface area contributed by atoms with E-state index in [2.05, 4.69) is 34.6 Å². The van der Waals surface area contributed by atoms with Crippen LogP contribution in [-0.2, 0) is 65.4 Å². The second-order valence-electron chi connectivity index (χ2n) is 32.1.